The molecular formula is C14H19NO3. The van der Waals surface area contributed by atoms with Crippen molar-refractivity contribution in [1.82, 2.24) is 0 Å². The van der Waals surface area contributed by atoms with E-state index in [1.807, 2.05) is 35.2 Å². The molecular weight excluding hydrogens is 230 g/mol. The quantitative estimate of drug-likeness (QED) is 0.836. The van der Waals surface area contributed by atoms with E-state index < -0.39 is 5.97 Å². The van der Waals surface area contributed by atoms with Crippen LogP contribution < -0.4 is 4.90 Å². The van der Waals surface area contributed by atoms with Crippen LogP contribution in [-0.4, -0.2) is 34.9 Å². The van der Waals surface area contributed by atoms with Crippen molar-refractivity contribution in [3.63, 3.8) is 0 Å². The molecule has 0 bridgehead atoms. The van der Waals surface area contributed by atoms with Crippen LogP contribution in [0.5, 0.6) is 0 Å². The predicted molar refractivity (Wildman–Crippen MR) is 69.7 cm³/mol. The zero-order chi connectivity index (χ0) is 13.0. The molecule has 1 aliphatic rings. The summed E-state index contributed by atoms with van der Waals surface area (Å²) in [5.41, 5.74) is 0.990. The van der Waals surface area contributed by atoms with Crippen molar-refractivity contribution in [3.8, 4) is 0 Å². The average Bonchev–Trinajstić information content (AvgIpc) is 2.77. The van der Waals surface area contributed by atoms with E-state index in [0.717, 1.165) is 24.9 Å². The number of nitrogens with zero attached hydrogens (tertiary/aromatic N) is 1. The van der Waals surface area contributed by atoms with Crippen LogP contribution in [0.1, 0.15) is 25.7 Å². The number of benzene rings is 1. The highest BCUT2D eigenvalue weighted by atomic mass is 16.4. The van der Waals surface area contributed by atoms with Crippen molar-refractivity contribution in [2.24, 2.45) is 0 Å². The number of aliphatic carboxylic acids is 1. The number of hydrogen-bond donors (Lipinski definition) is 2. The lowest BCUT2D eigenvalue weighted by Gasteiger charge is -2.32. The number of carbonyl (C=O) groups is 1. The van der Waals surface area contributed by atoms with Gasteiger partial charge in [0, 0.05) is 12.2 Å². The first-order valence-corrected chi connectivity index (χ1v) is 6.40. The van der Waals surface area contributed by atoms with Gasteiger partial charge in [-0.15, -0.1) is 0 Å². The molecule has 2 rings (SSSR count). The van der Waals surface area contributed by atoms with Gasteiger partial charge in [-0.3, -0.25) is 4.79 Å². The fraction of sp³-hybridized carbons (Fsp3) is 0.500. The zero-order valence-electron chi connectivity index (χ0n) is 10.3. The number of anilines is 1. The van der Waals surface area contributed by atoms with Crippen LogP contribution in [0.25, 0.3) is 0 Å². The summed E-state index contributed by atoms with van der Waals surface area (Å²) in [6.45, 7) is 0.446. The molecule has 4 heteroatoms. The summed E-state index contributed by atoms with van der Waals surface area (Å²) in [4.78, 5) is 12.8. The van der Waals surface area contributed by atoms with E-state index in [1.54, 1.807) is 0 Å². The lowest BCUT2D eigenvalue weighted by Crippen LogP contribution is -2.41. The highest BCUT2D eigenvalue weighted by Crippen LogP contribution is 2.28. The normalized spacial score (nSPS) is 22.9. The number of para-hydroxylation sites is 1. The van der Waals surface area contributed by atoms with Gasteiger partial charge in [-0.05, 0) is 31.4 Å². The monoisotopic (exact) mass is 249 g/mol. The molecule has 0 amide bonds. The first-order valence-electron chi connectivity index (χ1n) is 6.40. The Morgan fingerprint density at radius 1 is 1.28 bits per heavy atom. The summed E-state index contributed by atoms with van der Waals surface area (Å²) < 4.78 is 0. The minimum atomic E-state index is -0.802. The molecule has 2 N–H and O–H groups in total. The van der Waals surface area contributed by atoms with Gasteiger partial charge in [-0.2, -0.15) is 0 Å². The van der Waals surface area contributed by atoms with Crippen molar-refractivity contribution in [1.29, 1.82) is 0 Å². The minimum absolute atomic E-state index is 0.0479. The SMILES string of the molecule is O=C(O)CCN(c1ccccc1)C1CCCC1O. The van der Waals surface area contributed by atoms with Crippen LogP contribution in [0.3, 0.4) is 0 Å². The Balaban J connectivity index is 2.14. The molecule has 1 aliphatic carbocycles. The van der Waals surface area contributed by atoms with Gasteiger partial charge in [0.2, 0.25) is 0 Å². The highest BCUT2D eigenvalue weighted by molar-refractivity contribution is 5.67. The smallest absolute Gasteiger partial charge is 0.305 e. The first-order chi connectivity index (χ1) is 8.68. The summed E-state index contributed by atoms with van der Waals surface area (Å²) in [5, 5.41) is 18.8. The molecule has 0 aliphatic heterocycles. The Kier molecular flexibility index (Phi) is 4.20. The second-order valence-electron chi connectivity index (χ2n) is 4.74. The van der Waals surface area contributed by atoms with Gasteiger partial charge in [-0.25, -0.2) is 0 Å². The number of carboxylic acid groups (broad SMARTS) is 1. The Morgan fingerprint density at radius 2 is 2.00 bits per heavy atom. The molecule has 1 fully saturated rings. The van der Waals surface area contributed by atoms with Crippen LogP contribution >= 0.6 is 0 Å². The molecule has 2 atom stereocenters. The van der Waals surface area contributed by atoms with E-state index in [-0.39, 0.29) is 18.6 Å². The van der Waals surface area contributed by atoms with Crippen LogP contribution in [0.4, 0.5) is 5.69 Å². The number of aliphatic hydroxyl groups excluding tert-OH is 1. The summed E-state index contributed by atoms with van der Waals surface area (Å²) in [6.07, 6.45) is 2.48. The van der Waals surface area contributed by atoms with E-state index in [9.17, 15) is 9.90 Å². The minimum Gasteiger partial charge on any atom is -0.481 e. The summed E-state index contributed by atoms with van der Waals surface area (Å²) in [6, 6.07) is 9.78. The topological polar surface area (TPSA) is 60.8 Å². The number of hydrogen-bond acceptors (Lipinski definition) is 3. The zero-order valence-corrected chi connectivity index (χ0v) is 10.3. The van der Waals surface area contributed by atoms with Gasteiger partial charge < -0.3 is 15.1 Å². The number of rotatable bonds is 5. The maximum absolute atomic E-state index is 10.7. The van der Waals surface area contributed by atoms with Gasteiger partial charge >= 0.3 is 5.97 Å². The average molecular weight is 249 g/mol. The van der Waals surface area contributed by atoms with Crippen molar-refractivity contribution < 1.29 is 15.0 Å². The number of aliphatic hydroxyl groups is 1. The molecule has 1 aromatic rings. The molecule has 0 radical (unpaired) electrons. The van der Waals surface area contributed by atoms with E-state index in [0.29, 0.717) is 6.54 Å². The fourth-order valence-electron chi connectivity index (χ4n) is 2.61. The van der Waals surface area contributed by atoms with Crippen molar-refractivity contribution in [3.05, 3.63) is 30.3 Å². The Hall–Kier alpha value is -1.55. The molecule has 18 heavy (non-hydrogen) atoms. The molecule has 98 valence electrons. The van der Waals surface area contributed by atoms with E-state index in [4.69, 9.17) is 5.11 Å². The van der Waals surface area contributed by atoms with E-state index in [1.165, 1.54) is 0 Å². The Morgan fingerprint density at radius 3 is 2.56 bits per heavy atom. The molecule has 0 spiro atoms. The summed E-state index contributed by atoms with van der Waals surface area (Å²) >= 11 is 0. The second-order valence-corrected chi connectivity index (χ2v) is 4.74. The largest absolute Gasteiger partial charge is 0.481 e. The third kappa shape index (κ3) is 3.01. The third-order valence-corrected chi connectivity index (χ3v) is 3.50. The standard InChI is InChI=1S/C14H19NO3/c16-13-8-4-7-12(13)15(10-9-14(17)18)11-5-2-1-3-6-11/h1-3,5-6,12-13,16H,4,7-10H2,(H,17,18). The van der Waals surface area contributed by atoms with Crippen molar-refractivity contribution in [2.45, 2.75) is 37.8 Å². The second kappa shape index (κ2) is 5.87. The van der Waals surface area contributed by atoms with Crippen LogP contribution in [0.2, 0.25) is 0 Å². The van der Waals surface area contributed by atoms with Gasteiger partial charge in [-0.1, -0.05) is 18.2 Å². The molecule has 0 saturated heterocycles. The molecule has 4 nitrogen and oxygen atoms in total. The summed E-state index contributed by atoms with van der Waals surface area (Å²) in [5.74, 6) is -0.802. The maximum atomic E-state index is 10.7. The fourth-order valence-corrected chi connectivity index (χ4v) is 2.61. The van der Waals surface area contributed by atoms with Crippen LogP contribution in [-0.2, 0) is 4.79 Å². The van der Waals surface area contributed by atoms with Gasteiger partial charge in [0.25, 0.3) is 0 Å². The van der Waals surface area contributed by atoms with Crippen LogP contribution in [0, 0.1) is 0 Å². The van der Waals surface area contributed by atoms with Crippen LogP contribution in [0.15, 0.2) is 30.3 Å². The van der Waals surface area contributed by atoms with Crippen molar-refractivity contribution in [2.75, 3.05) is 11.4 Å². The van der Waals surface area contributed by atoms with E-state index >= 15 is 0 Å². The van der Waals surface area contributed by atoms with Crippen molar-refractivity contribution >= 4 is 11.7 Å². The predicted octanol–water partition coefficient (Wildman–Crippen LogP) is 1.88. The van der Waals surface area contributed by atoms with Gasteiger partial charge in [0.05, 0.1) is 18.6 Å². The Bertz CT molecular complexity index is 393. The molecule has 2 unspecified atom stereocenters. The van der Waals surface area contributed by atoms with E-state index in [2.05, 4.69) is 0 Å². The highest BCUT2D eigenvalue weighted by Gasteiger charge is 2.30. The molecule has 1 aromatic carbocycles. The molecule has 0 aromatic heterocycles. The maximum Gasteiger partial charge on any atom is 0.305 e. The lowest BCUT2D eigenvalue weighted by molar-refractivity contribution is -0.136. The first kappa shape index (κ1) is 12.9. The molecule has 1 saturated carbocycles. The lowest BCUT2D eigenvalue weighted by atomic mass is 10.1. The number of carboxylic acids is 1. The third-order valence-electron chi connectivity index (χ3n) is 3.50. The molecule has 0 heterocycles. The van der Waals surface area contributed by atoms with Gasteiger partial charge in [0.15, 0.2) is 0 Å². The van der Waals surface area contributed by atoms with Gasteiger partial charge in [0.1, 0.15) is 0 Å². The Labute approximate surface area is 107 Å². The summed E-state index contributed by atoms with van der Waals surface area (Å²) in [7, 11) is 0.